The van der Waals surface area contributed by atoms with E-state index in [2.05, 4.69) is 30.6 Å². The largest absolute Gasteiger partial charge is 0.480 e. The van der Waals surface area contributed by atoms with E-state index in [0.717, 1.165) is 0 Å². The second-order valence-electron chi connectivity index (χ2n) is 8.27. The van der Waals surface area contributed by atoms with Crippen molar-refractivity contribution in [2.75, 3.05) is 5.32 Å². The second kappa shape index (κ2) is 11.9. The van der Waals surface area contributed by atoms with E-state index in [4.69, 9.17) is 4.84 Å². The lowest BCUT2D eigenvalue weighted by atomic mass is 10.1. The monoisotopic (exact) mass is 649 g/mol. The SMILES string of the molecule is O=C(CC[C@H](NC(=O)c1ccc(NCc2cnc3nc(I)[nH]c(=O)c3n2)cc1)C(=O)O)ON1C(=O)CCC1=O. The van der Waals surface area contributed by atoms with Crippen LogP contribution in [0.15, 0.2) is 35.3 Å². The van der Waals surface area contributed by atoms with Crippen molar-refractivity contribution in [2.45, 2.75) is 38.3 Å². The number of carbonyl (C=O) groups is 5. The number of aliphatic carboxylic acids is 1. The molecule has 3 heterocycles. The number of anilines is 1. The summed E-state index contributed by atoms with van der Waals surface area (Å²) >= 11 is 1.87. The summed E-state index contributed by atoms with van der Waals surface area (Å²) in [5.74, 6) is -4.33. The standard InChI is InChI=1S/C23H20IN7O8/c24-23-29-19-18(21(36)30-23)27-13(10-26-19)9-25-12-3-1-11(2-4-12)20(35)28-14(22(37)38)5-8-17(34)39-31-15(32)6-7-16(31)33/h1-4,10,14,25H,5-9H2,(H,28,35)(H,37,38)(H,26,29,30,36)/t14-/m0/s1. The first kappa shape index (κ1) is 27.6. The van der Waals surface area contributed by atoms with Crippen LogP contribution in [0, 0.1) is 3.83 Å². The second-order valence-corrected chi connectivity index (χ2v) is 9.29. The van der Waals surface area contributed by atoms with Crippen LogP contribution in [0.2, 0.25) is 0 Å². The third-order valence-corrected chi connectivity index (χ3v) is 6.01. The van der Waals surface area contributed by atoms with E-state index in [1.165, 1.54) is 18.3 Å². The summed E-state index contributed by atoms with van der Waals surface area (Å²) in [4.78, 5) is 91.0. The Balaban J connectivity index is 1.30. The van der Waals surface area contributed by atoms with Crippen LogP contribution in [0.25, 0.3) is 11.2 Å². The number of aromatic nitrogens is 4. The molecular weight excluding hydrogens is 629 g/mol. The molecule has 0 saturated carbocycles. The van der Waals surface area contributed by atoms with Gasteiger partial charge < -0.3 is 20.6 Å². The minimum atomic E-state index is -1.42. The Morgan fingerprint density at radius 1 is 1.10 bits per heavy atom. The van der Waals surface area contributed by atoms with Gasteiger partial charge in [0.25, 0.3) is 23.3 Å². The molecule has 3 aromatic rings. The topological polar surface area (TPSA) is 214 Å². The molecule has 16 heteroatoms. The molecule has 1 aliphatic heterocycles. The zero-order valence-corrected chi connectivity index (χ0v) is 22.1. The van der Waals surface area contributed by atoms with E-state index < -0.39 is 47.7 Å². The van der Waals surface area contributed by atoms with Crippen LogP contribution in [0.4, 0.5) is 5.69 Å². The average Bonchev–Trinajstić information content (AvgIpc) is 3.22. The van der Waals surface area contributed by atoms with Gasteiger partial charge in [-0.25, -0.2) is 24.5 Å². The lowest BCUT2D eigenvalue weighted by Crippen LogP contribution is -2.41. The van der Waals surface area contributed by atoms with Crippen LogP contribution in [-0.2, 0) is 30.6 Å². The van der Waals surface area contributed by atoms with Gasteiger partial charge in [-0.1, -0.05) is 0 Å². The normalized spacial score (nSPS) is 13.8. The highest BCUT2D eigenvalue weighted by Crippen LogP contribution is 2.15. The maximum absolute atomic E-state index is 12.6. The molecule has 39 heavy (non-hydrogen) atoms. The lowest BCUT2D eigenvalue weighted by Gasteiger charge is -2.16. The van der Waals surface area contributed by atoms with Crippen molar-refractivity contribution in [3.63, 3.8) is 0 Å². The third kappa shape index (κ3) is 6.89. The highest BCUT2D eigenvalue weighted by Gasteiger charge is 2.33. The highest BCUT2D eigenvalue weighted by atomic mass is 127. The number of rotatable bonds is 10. The number of carboxylic acids is 1. The molecule has 4 N–H and O–H groups in total. The van der Waals surface area contributed by atoms with E-state index in [1.54, 1.807) is 12.1 Å². The van der Waals surface area contributed by atoms with E-state index >= 15 is 0 Å². The number of carboxylic acid groups (broad SMARTS) is 1. The maximum Gasteiger partial charge on any atom is 0.333 e. The first-order valence-electron chi connectivity index (χ1n) is 11.5. The number of nitrogens with one attached hydrogen (secondary N) is 3. The third-order valence-electron chi connectivity index (χ3n) is 5.50. The number of hydrogen-bond acceptors (Lipinski definition) is 11. The predicted molar refractivity (Wildman–Crippen MR) is 140 cm³/mol. The fraction of sp³-hybridized carbons (Fsp3) is 0.261. The van der Waals surface area contributed by atoms with Gasteiger partial charge in [0.05, 0.1) is 24.9 Å². The Bertz CT molecular complexity index is 1510. The molecule has 3 amide bonds. The minimum Gasteiger partial charge on any atom is -0.480 e. The fourth-order valence-electron chi connectivity index (χ4n) is 3.51. The summed E-state index contributed by atoms with van der Waals surface area (Å²) in [5, 5.41) is 15.2. The summed E-state index contributed by atoms with van der Waals surface area (Å²) in [7, 11) is 0. The van der Waals surface area contributed by atoms with Gasteiger partial charge in [0.2, 0.25) is 0 Å². The average molecular weight is 649 g/mol. The Kier molecular flexibility index (Phi) is 8.43. The van der Waals surface area contributed by atoms with Crippen molar-refractivity contribution in [1.82, 2.24) is 30.3 Å². The minimum absolute atomic E-state index is 0.0654. The molecule has 2 aromatic heterocycles. The summed E-state index contributed by atoms with van der Waals surface area (Å²) in [5.41, 5.74) is 1.21. The molecule has 1 atom stereocenters. The molecule has 202 valence electrons. The molecule has 4 rings (SSSR count). The quantitative estimate of drug-likeness (QED) is 0.134. The van der Waals surface area contributed by atoms with E-state index in [9.17, 15) is 33.9 Å². The maximum atomic E-state index is 12.6. The highest BCUT2D eigenvalue weighted by molar-refractivity contribution is 14.1. The Morgan fingerprint density at radius 2 is 1.79 bits per heavy atom. The molecule has 0 radical (unpaired) electrons. The number of aromatic amines is 1. The van der Waals surface area contributed by atoms with Gasteiger partial charge in [-0.05, 0) is 53.3 Å². The van der Waals surface area contributed by atoms with Crippen molar-refractivity contribution < 1.29 is 33.9 Å². The first-order chi connectivity index (χ1) is 18.6. The number of nitrogens with zero attached hydrogens (tertiary/aromatic N) is 4. The molecule has 0 unspecified atom stereocenters. The number of hydrogen-bond donors (Lipinski definition) is 4. The van der Waals surface area contributed by atoms with Gasteiger partial charge in [-0.3, -0.25) is 24.2 Å². The van der Waals surface area contributed by atoms with Crippen molar-refractivity contribution in [2.24, 2.45) is 0 Å². The Morgan fingerprint density at radius 3 is 2.46 bits per heavy atom. The molecule has 0 aliphatic carbocycles. The van der Waals surface area contributed by atoms with Gasteiger partial charge >= 0.3 is 11.9 Å². The number of carbonyl (C=O) groups excluding carboxylic acids is 4. The van der Waals surface area contributed by atoms with E-state index in [1.807, 2.05) is 22.6 Å². The molecular formula is C23H20IN7O8. The van der Waals surface area contributed by atoms with Crippen LogP contribution in [0.3, 0.4) is 0 Å². The lowest BCUT2D eigenvalue weighted by molar-refractivity contribution is -0.197. The fourth-order valence-corrected chi connectivity index (χ4v) is 3.98. The van der Waals surface area contributed by atoms with Crippen LogP contribution in [-0.4, -0.2) is 65.8 Å². The predicted octanol–water partition coefficient (Wildman–Crippen LogP) is 0.500. The first-order valence-corrected chi connectivity index (χ1v) is 12.5. The number of amides is 3. The van der Waals surface area contributed by atoms with Crippen molar-refractivity contribution in [1.29, 1.82) is 0 Å². The van der Waals surface area contributed by atoms with Crippen molar-refractivity contribution in [3.8, 4) is 0 Å². The smallest absolute Gasteiger partial charge is 0.333 e. The molecule has 0 bridgehead atoms. The zero-order chi connectivity index (χ0) is 28.1. The molecule has 1 aliphatic rings. The summed E-state index contributed by atoms with van der Waals surface area (Å²) < 4.78 is 0.402. The van der Waals surface area contributed by atoms with Gasteiger partial charge in [-0.15, -0.1) is 5.06 Å². The Hall–Kier alpha value is -4.48. The van der Waals surface area contributed by atoms with E-state index in [0.29, 0.717) is 20.3 Å². The van der Waals surface area contributed by atoms with Gasteiger partial charge in [0, 0.05) is 24.1 Å². The van der Waals surface area contributed by atoms with E-state index in [-0.39, 0.29) is 42.5 Å². The van der Waals surface area contributed by atoms with Crippen LogP contribution in [0.1, 0.15) is 41.7 Å². The Labute approximate surface area is 232 Å². The number of H-pyrrole nitrogens is 1. The molecule has 1 aromatic carbocycles. The number of benzene rings is 1. The van der Waals surface area contributed by atoms with Crippen molar-refractivity contribution >= 4 is 69.1 Å². The molecule has 1 saturated heterocycles. The van der Waals surface area contributed by atoms with Crippen LogP contribution < -0.4 is 16.2 Å². The van der Waals surface area contributed by atoms with Crippen LogP contribution in [0.5, 0.6) is 0 Å². The van der Waals surface area contributed by atoms with Gasteiger partial charge in [0.15, 0.2) is 15.0 Å². The summed E-state index contributed by atoms with van der Waals surface area (Å²) in [6, 6.07) is 4.71. The summed E-state index contributed by atoms with van der Waals surface area (Å²) in [6.07, 6.45) is 0.590. The van der Waals surface area contributed by atoms with Gasteiger partial charge in [-0.2, -0.15) is 0 Å². The van der Waals surface area contributed by atoms with Crippen molar-refractivity contribution in [3.05, 3.63) is 55.9 Å². The molecule has 15 nitrogen and oxygen atoms in total. The molecule has 0 spiro atoms. The number of halogens is 1. The van der Waals surface area contributed by atoms with Gasteiger partial charge in [0.1, 0.15) is 6.04 Å². The number of fused-ring (bicyclic) bond motifs is 1. The number of imide groups is 1. The number of hydroxylamine groups is 2. The molecule has 1 fully saturated rings. The van der Waals surface area contributed by atoms with Crippen LogP contribution >= 0.6 is 22.6 Å². The summed E-state index contributed by atoms with van der Waals surface area (Å²) in [6.45, 7) is 0.228. The zero-order valence-electron chi connectivity index (χ0n) is 20.0.